The SMILES string of the molecule is COc1cc(OC)c(F)c(N(CC2CCC(=O)N2)c2ccc3ncc(-c4cnn(C)c4)nc3n2)c1F.S. The highest BCUT2D eigenvalue weighted by Crippen LogP contribution is 2.40. The lowest BCUT2D eigenvalue weighted by atomic mass is 10.1. The Kier molecular flexibility index (Phi) is 7.43. The van der Waals surface area contributed by atoms with Gasteiger partial charge >= 0.3 is 0 Å². The number of rotatable bonds is 7. The van der Waals surface area contributed by atoms with Gasteiger partial charge in [0.05, 0.1) is 32.3 Å². The van der Waals surface area contributed by atoms with Crippen LogP contribution in [0.15, 0.2) is 36.8 Å². The molecule has 37 heavy (non-hydrogen) atoms. The summed E-state index contributed by atoms with van der Waals surface area (Å²) < 4.78 is 42.9. The molecule has 1 N–H and O–H groups in total. The lowest BCUT2D eigenvalue weighted by Gasteiger charge is -2.28. The molecule has 1 aliphatic rings. The van der Waals surface area contributed by atoms with Crippen LogP contribution in [0.3, 0.4) is 0 Å². The van der Waals surface area contributed by atoms with Gasteiger partial charge in [-0.1, -0.05) is 0 Å². The predicted molar refractivity (Wildman–Crippen MR) is 138 cm³/mol. The van der Waals surface area contributed by atoms with Crippen LogP contribution in [0.5, 0.6) is 11.5 Å². The van der Waals surface area contributed by atoms with Gasteiger partial charge in [0.25, 0.3) is 0 Å². The number of hydrogen-bond acceptors (Lipinski definition) is 8. The molecule has 4 aromatic rings. The molecule has 1 unspecified atom stereocenters. The van der Waals surface area contributed by atoms with Gasteiger partial charge in [-0.15, -0.1) is 0 Å². The first kappa shape index (κ1) is 26.1. The van der Waals surface area contributed by atoms with Crippen molar-refractivity contribution >= 4 is 42.1 Å². The molecule has 0 bridgehead atoms. The van der Waals surface area contributed by atoms with E-state index in [9.17, 15) is 4.79 Å². The number of aryl methyl sites for hydroxylation is 1. The Morgan fingerprint density at radius 3 is 2.46 bits per heavy atom. The maximum absolute atomic E-state index is 15.5. The molecule has 4 heterocycles. The third-order valence-corrected chi connectivity index (χ3v) is 5.98. The van der Waals surface area contributed by atoms with Crippen LogP contribution in [0, 0.1) is 11.6 Å². The highest BCUT2D eigenvalue weighted by atomic mass is 32.1. The molecule has 3 aromatic heterocycles. The van der Waals surface area contributed by atoms with E-state index in [0.29, 0.717) is 24.1 Å². The summed E-state index contributed by atoms with van der Waals surface area (Å²) >= 11 is 0. The van der Waals surface area contributed by atoms with Crippen LogP contribution in [-0.2, 0) is 11.8 Å². The van der Waals surface area contributed by atoms with Gasteiger partial charge in [0, 0.05) is 43.9 Å². The number of fused-ring (bicyclic) bond motifs is 1. The van der Waals surface area contributed by atoms with E-state index in [4.69, 9.17) is 9.47 Å². The fraction of sp³-hybridized carbons (Fsp3) is 0.292. The van der Waals surface area contributed by atoms with Gasteiger partial charge in [-0.25, -0.2) is 18.7 Å². The molecular weight excluding hydrogens is 504 g/mol. The Hall–Kier alpha value is -4.00. The standard InChI is InChI=1S/C24H23F2N7O3.H2S/c1-32-11-13(9-28-32)16-10-27-15-5-6-19(31-24(15)30-16)33(12-14-4-7-20(34)29-14)23-21(25)17(35-2)8-18(36-3)22(23)26;/h5-6,8-11,14H,4,7,12H2,1-3H3,(H,29,34);1H2. The molecule has 1 fully saturated rings. The number of nitrogens with zero attached hydrogens (tertiary/aromatic N) is 6. The van der Waals surface area contributed by atoms with Gasteiger partial charge in [-0.2, -0.15) is 18.6 Å². The Morgan fingerprint density at radius 2 is 1.86 bits per heavy atom. The number of methoxy groups -OCH3 is 2. The summed E-state index contributed by atoms with van der Waals surface area (Å²) in [6, 6.07) is 4.07. The molecule has 1 aliphatic heterocycles. The van der Waals surface area contributed by atoms with Crippen LogP contribution in [0.2, 0.25) is 0 Å². The van der Waals surface area contributed by atoms with E-state index >= 15 is 8.78 Å². The van der Waals surface area contributed by atoms with Crippen LogP contribution in [0.25, 0.3) is 22.4 Å². The molecule has 1 aromatic carbocycles. The Bertz CT molecular complexity index is 1440. The minimum absolute atomic E-state index is 0. The molecule has 194 valence electrons. The van der Waals surface area contributed by atoms with Crippen molar-refractivity contribution < 1.29 is 23.0 Å². The lowest BCUT2D eigenvalue weighted by molar-refractivity contribution is -0.119. The quantitative estimate of drug-likeness (QED) is 0.389. The van der Waals surface area contributed by atoms with E-state index in [0.717, 1.165) is 11.6 Å². The molecule has 0 saturated carbocycles. The van der Waals surface area contributed by atoms with Gasteiger partial charge < -0.3 is 19.7 Å². The van der Waals surface area contributed by atoms with Gasteiger partial charge in [0.15, 0.2) is 28.8 Å². The van der Waals surface area contributed by atoms with Crippen LogP contribution in [-0.4, -0.2) is 57.4 Å². The van der Waals surface area contributed by atoms with Crippen LogP contribution in [0.4, 0.5) is 20.3 Å². The van der Waals surface area contributed by atoms with Gasteiger partial charge in [-0.05, 0) is 18.6 Å². The topological polar surface area (TPSA) is 107 Å². The van der Waals surface area contributed by atoms with E-state index in [-0.39, 0.29) is 55.0 Å². The van der Waals surface area contributed by atoms with Gasteiger partial charge in [0.1, 0.15) is 17.0 Å². The van der Waals surface area contributed by atoms with E-state index in [2.05, 4.69) is 25.4 Å². The third kappa shape index (κ3) is 4.99. The Labute approximate surface area is 218 Å². The Morgan fingerprint density at radius 1 is 1.14 bits per heavy atom. The fourth-order valence-electron chi connectivity index (χ4n) is 4.17. The van der Waals surface area contributed by atoms with E-state index < -0.39 is 17.3 Å². The molecule has 13 heteroatoms. The summed E-state index contributed by atoms with van der Waals surface area (Å²) in [6.45, 7) is 0.0597. The van der Waals surface area contributed by atoms with Crippen molar-refractivity contribution in [2.45, 2.75) is 18.9 Å². The largest absolute Gasteiger partial charge is 0.493 e. The summed E-state index contributed by atoms with van der Waals surface area (Å²) in [4.78, 5) is 26.8. The number of anilines is 2. The minimum Gasteiger partial charge on any atom is -0.493 e. The van der Waals surface area contributed by atoms with Gasteiger partial charge in [0.2, 0.25) is 5.91 Å². The third-order valence-electron chi connectivity index (χ3n) is 5.98. The number of amides is 1. The number of aromatic nitrogens is 5. The van der Waals surface area contributed by atoms with E-state index in [1.807, 2.05) is 0 Å². The molecule has 5 rings (SSSR count). The second-order valence-corrected chi connectivity index (χ2v) is 8.34. The predicted octanol–water partition coefficient (Wildman–Crippen LogP) is 3.25. The number of hydrogen-bond donors (Lipinski definition) is 1. The van der Waals surface area contributed by atoms with Crippen molar-refractivity contribution in [1.82, 2.24) is 30.0 Å². The van der Waals surface area contributed by atoms with Crippen molar-refractivity contribution in [3.63, 3.8) is 0 Å². The zero-order chi connectivity index (χ0) is 25.4. The Balaban J connectivity index is 0.00000320. The first-order valence-electron chi connectivity index (χ1n) is 11.2. The normalized spacial score (nSPS) is 14.8. The summed E-state index contributed by atoms with van der Waals surface area (Å²) in [5, 5.41) is 6.99. The van der Waals surface area contributed by atoms with Crippen molar-refractivity contribution in [3.8, 4) is 22.8 Å². The van der Waals surface area contributed by atoms with Crippen LogP contribution in [0.1, 0.15) is 12.8 Å². The number of ether oxygens (including phenoxy) is 2. The smallest absolute Gasteiger partial charge is 0.220 e. The van der Waals surface area contributed by atoms with E-state index in [1.54, 1.807) is 42.5 Å². The summed E-state index contributed by atoms with van der Waals surface area (Å²) in [6.07, 6.45) is 5.90. The molecule has 10 nitrogen and oxygen atoms in total. The van der Waals surface area contributed by atoms with Crippen molar-refractivity contribution in [2.24, 2.45) is 7.05 Å². The first-order valence-corrected chi connectivity index (χ1v) is 11.2. The summed E-state index contributed by atoms with van der Waals surface area (Å²) in [5.41, 5.74) is 1.68. The summed E-state index contributed by atoms with van der Waals surface area (Å²) in [5.74, 6) is -2.13. The lowest BCUT2D eigenvalue weighted by Crippen LogP contribution is -2.37. The maximum atomic E-state index is 15.5. The monoisotopic (exact) mass is 529 g/mol. The number of carbonyl (C=O) groups is 1. The average Bonchev–Trinajstić information content (AvgIpc) is 3.50. The number of halogens is 2. The molecule has 0 radical (unpaired) electrons. The molecule has 0 spiro atoms. The average molecular weight is 530 g/mol. The second kappa shape index (κ2) is 10.5. The van der Waals surface area contributed by atoms with Crippen molar-refractivity contribution in [3.05, 3.63) is 48.4 Å². The molecule has 0 aliphatic carbocycles. The first-order chi connectivity index (χ1) is 17.4. The van der Waals surface area contributed by atoms with Crippen LogP contribution < -0.4 is 19.7 Å². The highest BCUT2D eigenvalue weighted by molar-refractivity contribution is 7.59. The molecule has 1 amide bonds. The van der Waals surface area contributed by atoms with E-state index in [1.165, 1.54) is 19.1 Å². The van der Waals surface area contributed by atoms with Crippen molar-refractivity contribution in [2.75, 3.05) is 25.7 Å². The minimum atomic E-state index is -0.919. The molecule has 1 atom stereocenters. The zero-order valence-corrected chi connectivity index (χ0v) is 21.3. The van der Waals surface area contributed by atoms with Crippen LogP contribution >= 0.6 is 13.5 Å². The molecule has 1 saturated heterocycles. The number of benzene rings is 1. The zero-order valence-electron chi connectivity index (χ0n) is 20.3. The second-order valence-electron chi connectivity index (χ2n) is 8.34. The number of nitrogens with one attached hydrogen (secondary N) is 1. The van der Waals surface area contributed by atoms with Gasteiger partial charge in [-0.3, -0.25) is 14.5 Å². The maximum Gasteiger partial charge on any atom is 0.220 e. The highest BCUT2D eigenvalue weighted by Gasteiger charge is 2.31. The number of carbonyl (C=O) groups excluding carboxylic acids is 1. The number of pyridine rings is 1. The fourth-order valence-corrected chi connectivity index (χ4v) is 4.17. The molecular formula is C24H25F2N7O3S. The summed E-state index contributed by atoms with van der Waals surface area (Å²) in [7, 11) is 4.36. The van der Waals surface area contributed by atoms with Crippen molar-refractivity contribution in [1.29, 1.82) is 0 Å².